The van der Waals surface area contributed by atoms with Gasteiger partial charge in [0.25, 0.3) is 0 Å². The molecule has 1 saturated heterocycles. The second-order valence-electron chi connectivity index (χ2n) is 5.60. The zero-order chi connectivity index (χ0) is 11.8. The lowest BCUT2D eigenvalue weighted by atomic mass is 9.84. The molecule has 0 radical (unpaired) electrons. The first-order valence-corrected chi connectivity index (χ1v) is 6.03. The molecule has 0 aromatic carbocycles. The Morgan fingerprint density at radius 3 is 2.62 bits per heavy atom. The number of hydrogen-bond acceptors (Lipinski definition) is 3. The van der Waals surface area contributed by atoms with E-state index in [-0.39, 0.29) is 0 Å². The number of aromatic nitrogens is 2. The first-order chi connectivity index (χ1) is 7.46. The average Bonchev–Trinajstić information content (AvgIpc) is 2.14. The summed E-state index contributed by atoms with van der Waals surface area (Å²) in [5.74, 6) is 1.97. The van der Waals surface area contributed by atoms with Gasteiger partial charge in [-0.15, -0.1) is 0 Å². The van der Waals surface area contributed by atoms with E-state index in [0.29, 0.717) is 5.41 Å². The molecule has 0 aliphatic carbocycles. The summed E-state index contributed by atoms with van der Waals surface area (Å²) in [5, 5.41) is 0. The summed E-state index contributed by atoms with van der Waals surface area (Å²) >= 11 is 0. The highest BCUT2D eigenvalue weighted by Crippen LogP contribution is 2.30. The minimum Gasteiger partial charge on any atom is -0.356 e. The third-order valence-corrected chi connectivity index (χ3v) is 3.18. The summed E-state index contributed by atoms with van der Waals surface area (Å²) in [6.45, 7) is 10.9. The first-order valence-electron chi connectivity index (χ1n) is 6.03. The van der Waals surface area contributed by atoms with Crippen LogP contribution in [0.15, 0.2) is 6.07 Å². The van der Waals surface area contributed by atoms with Gasteiger partial charge in [0.15, 0.2) is 0 Å². The standard InChI is InChI=1S/C13H21N3/c1-10-8-12(15-11(2)14-10)16-7-5-6-13(3,4)9-16/h8H,5-7,9H2,1-4H3. The second-order valence-corrected chi connectivity index (χ2v) is 5.60. The Morgan fingerprint density at radius 1 is 1.25 bits per heavy atom. The Bertz CT molecular complexity index is 365. The minimum absolute atomic E-state index is 0.408. The van der Waals surface area contributed by atoms with Gasteiger partial charge in [0.1, 0.15) is 11.6 Å². The van der Waals surface area contributed by atoms with Crippen molar-refractivity contribution >= 4 is 5.82 Å². The summed E-state index contributed by atoms with van der Waals surface area (Å²) < 4.78 is 0. The lowest BCUT2D eigenvalue weighted by Gasteiger charge is -2.38. The molecule has 1 aromatic heterocycles. The van der Waals surface area contributed by atoms with Gasteiger partial charge >= 0.3 is 0 Å². The molecule has 0 N–H and O–H groups in total. The number of anilines is 1. The molecule has 16 heavy (non-hydrogen) atoms. The van der Waals surface area contributed by atoms with Crippen LogP contribution in [0.25, 0.3) is 0 Å². The molecule has 1 aliphatic rings. The van der Waals surface area contributed by atoms with Crippen LogP contribution in [-0.4, -0.2) is 23.1 Å². The van der Waals surface area contributed by atoms with Crippen LogP contribution in [0.3, 0.4) is 0 Å². The van der Waals surface area contributed by atoms with Crippen molar-refractivity contribution in [2.45, 2.75) is 40.5 Å². The molecule has 0 bridgehead atoms. The van der Waals surface area contributed by atoms with Crippen molar-refractivity contribution < 1.29 is 0 Å². The van der Waals surface area contributed by atoms with Gasteiger partial charge < -0.3 is 4.90 Å². The van der Waals surface area contributed by atoms with Gasteiger partial charge in [-0.05, 0) is 32.1 Å². The molecule has 1 fully saturated rings. The van der Waals surface area contributed by atoms with Gasteiger partial charge in [0.2, 0.25) is 0 Å². The fraction of sp³-hybridized carbons (Fsp3) is 0.692. The molecule has 0 amide bonds. The number of aryl methyl sites for hydroxylation is 2. The Hall–Kier alpha value is -1.12. The van der Waals surface area contributed by atoms with E-state index in [4.69, 9.17) is 0 Å². The van der Waals surface area contributed by atoms with E-state index in [1.807, 2.05) is 13.8 Å². The SMILES string of the molecule is Cc1cc(N2CCCC(C)(C)C2)nc(C)n1. The quantitative estimate of drug-likeness (QED) is 0.727. The highest BCUT2D eigenvalue weighted by atomic mass is 15.2. The Balaban J connectivity index is 2.23. The molecule has 0 spiro atoms. The van der Waals surface area contributed by atoms with Gasteiger partial charge in [-0.1, -0.05) is 13.8 Å². The molecule has 2 rings (SSSR count). The maximum atomic E-state index is 4.54. The predicted molar refractivity (Wildman–Crippen MR) is 66.7 cm³/mol. The second kappa shape index (κ2) is 4.04. The van der Waals surface area contributed by atoms with E-state index >= 15 is 0 Å². The van der Waals surface area contributed by atoms with Crippen LogP contribution >= 0.6 is 0 Å². The van der Waals surface area contributed by atoms with E-state index in [2.05, 4.69) is 34.8 Å². The van der Waals surface area contributed by atoms with Crippen LogP contribution in [0.5, 0.6) is 0 Å². The van der Waals surface area contributed by atoms with Gasteiger partial charge in [0.05, 0.1) is 0 Å². The highest BCUT2D eigenvalue weighted by Gasteiger charge is 2.27. The van der Waals surface area contributed by atoms with Crippen LogP contribution in [0, 0.1) is 19.3 Å². The van der Waals surface area contributed by atoms with E-state index in [1.54, 1.807) is 0 Å². The van der Waals surface area contributed by atoms with Gasteiger partial charge in [-0.3, -0.25) is 0 Å². The average molecular weight is 219 g/mol. The van der Waals surface area contributed by atoms with Crippen molar-refractivity contribution in [1.82, 2.24) is 9.97 Å². The number of piperidine rings is 1. The summed E-state index contributed by atoms with van der Waals surface area (Å²) in [5.41, 5.74) is 1.47. The van der Waals surface area contributed by atoms with Crippen molar-refractivity contribution in [2.24, 2.45) is 5.41 Å². The maximum absolute atomic E-state index is 4.54. The van der Waals surface area contributed by atoms with Crippen molar-refractivity contribution in [3.05, 3.63) is 17.6 Å². The van der Waals surface area contributed by atoms with Crippen molar-refractivity contribution in [2.75, 3.05) is 18.0 Å². The summed E-state index contributed by atoms with van der Waals surface area (Å²) in [6, 6.07) is 2.09. The molecule has 1 aromatic rings. The minimum atomic E-state index is 0.408. The summed E-state index contributed by atoms with van der Waals surface area (Å²) in [7, 11) is 0. The molecule has 3 heteroatoms. The van der Waals surface area contributed by atoms with E-state index in [0.717, 1.165) is 30.4 Å². The first kappa shape index (κ1) is 11.4. The molecule has 0 atom stereocenters. The predicted octanol–water partition coefficient (Wildman–Crippen LogP) is 2.72. The summed E-state index contributed by atoms with van der Waals surface area (Å²) in [6.07, 6.45) is 2.57. The van der Waals surface area contributed by atoms with E-state index in [9.17, 15) is 0 Å². The zero-order valence-corrected chi connectivity index (χ0v) is 10.7. The van der Waals surface area contributed by atoms with E-state index in [1.165, 1.54) is 12.8 Å². The molecule has 0 saturated carbocycles. The molecule has 88 valence electrons. The number of nitrogens with zero attached hydrogens (tertiary/aromatic N) is 3. The topological polar surface area (TPSA) is 29.0 Å². The fourth-order valence-corrected chi connectivity index (χ4v) is 2.48. The molecule has 2 heterocycles. The summed E-state index contributed by atoms with van der Waals surface area (Å²) in [4.78, 5) is 11.3. The van der Waals surface area contributed by atoms with Crippen LogP contribution in [-0.2, 0) is 0 Å². The molecule has 3 nitrogen and oxygen atoms in total. The van der Waals surface area contributed by atoms with Crippen molar-refractivity contribution in [3.63, 3.8) is 0 Å². The third-order valence-electron chi connectivity index (χ3n) is 3.18. The van der Waals surface area contributed by atoms with Crippen LogP contribution in [0.4, 0.5) is 5.82 Å². The van der Waals surface area contributed by atoms with Crippen LogP contribution in [0.1, 0.15) is 38.2 Å². The monoisotopic (exact) mass is 219 g/mol. The largest absolute Gasteiger partial charge is 0.356 e. The molecule has 1 aliphatic heterocycles. The molecular formula is C13H21N3. The van der Waals surface area contributed by atoms with E-state index < -0.39 is 0 Å². The highest BCUT2D eigenvalue weighted by molar-refractivity contribution is 5.40. The molecule has 0 unspecified atom stereocenters. The Labute approximate surface area is 97.9 Å². The lowest BCUT2D eigenvalue weighted by Crippen LogP contribution is -2.40. The fourth-order valence-electron chi connectivity index (χ4n) is 2.48. The number of hydrogen-bond donors (Lipinski definition) is 0. The van der Waals surface area contributed by atoms with Gasteiger partial charge in [-0.2, -0.15) is 0 Å². The zero-order valence-electron chi connectivity index (χ0n) is 10.7. The van der Waals surface area contributed by atoms with Crippen LogP contribution < -0.4 is 4.90 Å². The third kappa shape index (κ3) is 2.52. The molecular weight excluding hydrogens is 198 g/mol. The van der Waals surface area contributed by atoms with Crippen LogP contribution in [0.2, 0.25) is 0 Å². The number of rotatable bonds is 1. The Morgan fingerprint density at radius 2 is 2.00 bits per heavy atom. The normalized spacial score (nSPS) is 19.9. The smallest absolute Gasteiger partial charge is 0.132 e. The lowest BCUT2D eigenvalue weighted by molar-refractivity contribution is 0.292. The maximum Gasteiger partial charge on any atom is 0.132 e. The van der Waals surface area contributed by atoms with Gasteiger partial charge in [0, 0.05) is 24.8 Å². The Kier molecular flexibility index (Phi) is 2.87. The van der Waals surface area contributed by atoms with Gasteiger partial charge in [-0.25, -0.2) is 9.97 Å². The van der Waals surface area contributed by atoms with Crippen molar-refractivity contribution in [1.29, 1.82) is 0 Å². The van der Waals surface area contributed by atoms with Crippen molar-refractivity contribution in [3.8, 4) is 0 Å².